The molecule has 0 saturated heterocycles. The molecule has 0 bridgehead atoms. The van der Waals surface area contributed by atoms with E-state index in [1.807, 2.05) is 19.9 Å². The van der Waals surface area contributed by atoms with Crippen LogP contribution in [0.25, 0.3) is 0 Å². The summed E-state index contributed by atoms with van der Waals surface area (Å²) in [6.45, 7) is 3.77. The minimum atomic E-state index is -0.223. The number of hydrogen-bond acceptors (Lipinski definition) is 2. The lowest BCUT2D eigenvalue weighted by Crippen LogP contribution is -2.34. The maximum Gasteiger partial charge on any atom is 0.271 e. The van der Waals surface area contributed by atoms with Crippen molar-refractivity contribution in [3.63, 3.8) is 0 Å². The van der Waals surface area contributed by atoms with E-state index in [9.17, 15) is 4.79 Å². The molecule has 3 heteroatoms. The smallest absolute Gasteiger partial charge is 0.271 e. The monoisotopic (exact) mass is 202 g/mol. The van der Waals surface area contributed by atoms with Gasteiger partial charge in [0.2, 0.25) is 0 Å². The quantitative estimate of drug-likeness (QED) is 0.755. The van der Waals surface area contributed by atoms with Crippen LogP contribution >= 0.6 is 0 Å². The summed E-state index contributed by atoms with van der Waals surface area (Å²) in [5.41, 5.74) is 1.29. The van der Waals surface area contributed by atoms with E-state index < -0.39 is 0 Å². The van der Waals surface area contributed by atoms with E-state index in [-0.39, 0.29) is 11.9 Å². The second kappa shape index (κ2) is 5.16. The average molecular weight is 202 g/mol. The molecule has 0 fully saturated rings. The number of rotatable bonds is 3. The Hall–Kier alpha value is -1.82. The number of carbonyl (C=O) groups excluding carboxylic acids is 1. The fraction of sp³-hybridized carbons (Fsp3) is 0.333. The minimum absolute atomic E-state index is 0.210. The molecule has 0 saturated carbocycles. The standard InChI is InChI=1S/C12H14N2O/c1-4-10(5-2)14-12(15)11-9(3)7-6-8-13-11/h1,6-8,10H,5H2,2-3H3,(H,14,15). The van der Waals surface area contributed by atoms with Crippen molar-refractivity contribution in [3.05, 3.63) is 29.6 Å². The van der Waals surface area contributed by atoms with Crippen LogP contribution in [0.3, 0.4) is 0 Å². The van der Waals surface area contributed by atoms with Crippen molar-refractivity contribution in [1.82, 2.24) is 10.3 Å². The SMILES string of the molecule is C#CC(CC)NC(=O)c1ncccc1C. The molecule has 0 aliphatic carbocycles. The highest BCUT2D eigenvalue weighted by atomic mass is 16.1. The molecule has 1 unspecified atom stereocenters. The summed E-state index contributed by atoms with van der Waals surface area (Å²) in [7, 11) is 0. The molecule has 0 aromatic carbocycles. The summed E-state index contributed by atoms with van der Waals surface area (Å²) in [4.78, 5) is 15.7. The number of pyridine rings is 1. The van der Waals surface area contributed by atoms with Crippen LogP contribution in [0.5, 0.6) is 0 Å². The number of nitrogens with one attached hydrogen (secondary N) is 1. The van der Waals surface area contributed by atoms with Crippen LogP contribution in [0.4, 0.5) is 0 Å². The van der Waals surface area contributed by atoms with Gasteiger partial charge in [-0.1, -0.05) is 18.9 Å². The molecule has 1 N–H and O–H groups in total. The van der Waals surface area contributed by atoms with Crippen molar-refractivity contribution in [3.8, 4) is 12.3 Å². The second-order valence-corrected chi connectivity index (χ2v) is 3.27. The fourth-order valence-corrected chi connectivity index (χ4v) is 1.21. The molecule has 78 valence electrons. The Bertz CT molecular complexity index is 393. The highest BCUT2D eigenvalue weighted by Gasteiger charge is 2.12. The molecular weight excluding hydrogens is 188 g/mol. The van der Waals surface area contributed by atoms with E-state index >= 15 is 0 Å². The van der Waals surface area contributed by atoms with Crippen LogP contribution in [0.1, 0.15) is 29.4 Å². The Kier molecular flexibility index (Phi) is 3.87. The van der Waals surface area contributed by atoms with Gasteiger partial charge in [0.05, 0.1) is 6.04 Å². The lowest BCUT2D eigenvalue weighted by molar-refractivity contribution is 0.0939. The molecular formula is C12H14N2O. The van der Waals surface area contributed by atoms with Crippen molar-refractivity contribution in [2.45, 2.75) is 26.3 Å². The summed E-state index contributed by atoms with van der Waals surface area (Å²) in [6, 6.07) is 3.42. The zero-order valence-corrected chi connectivity index (χ0v) is 8.95. The van der Waals surface area contributed by atoms with E-state index in [0.717, 1.165) is 5.56 Å². The van der Waals surface area contributed by atoms with Gasteiger partial charge >= 0.3 is 0 Å². The van der Waals surface area contributed by atoms with Gasteiger partial charge in [0, 0.05) is 6.20 Å². The lowest BCUT2D eigenvalue weighted by Gasteiger charge is -2.10. The van der Waals surface area contributed by atoms with Gasteiger partial charge in [-0.05, 0) is 25.0 Å². The summed E-state index contributed by atoms with van der Waals surface area (Å²) < 4.78 is 0. The summed E-state index contributed by atoms with van der Waals surface area (Å²) >= 11 is 0. The van der Waals surface area contributed by atoms with Gasteiger partial charge in [-0.15, -0.1) is 6.42 Å². The van der Waals surface area contributed by atoms with E-state index in [0.29, 0.717) is 12.1 Å². The maximum absolute atomic E-state index is 11.7. The summed E-state index contributed by atoms with van der Waals surface area (Å²) in [5, 5.41) is 2.74. The minimum Gasteiger partial charge on any atom is -0.337 e. The van der Waals surface area contributed by atoms with Crippen molar-refractivity contribution in [2.75, 3.05) is 0 Å². The first-order chi connectivity index (χ1) is 7.19. The number of hydrogen-bond donors (Lipinski definition) is 1. The van der Waals surface area contributed by atoms with Crippen molar-refractivity contribution < 1.29 is 4.79 Å². The summed E-state index contributed by atoms with van der Waals surface area (Å²) in [6.07, 6.45) is 7.57. The molecule has 1 atom stereocenters. The van der Waals surface area contributed by atoms with Crippen LogP contribution in [0.2, 0.25) is 0 Å². The molecule has 0 spiro atoms. The van der Waals surface area contributed by atoms with E-state index in [1.54, 1.807) is 12.3 Å². The van der Waals surface area contributed by atoms with Gasteiger partial charge in [0.15, 0.2) is 0 Å². The van der Waals surface area contributed by atoms with Gasteiger partial charge in [-0.25, -0.2) is 0 Å². The van der Waals surface area contributed by atoms with E-state index in [1.165, 1.54) is 0 Å². The molecule has 3 nitrogen and oxygen atoms in total. The maximum atomic E-state index is 11.7. The van der Waals surface area contributed by atoms with Gasteiger partial charge in [0.25, 0.3) is 5.91 Å². The van der Waals surface area contributed by atoms with Crippen LogP contribution in [0.15, 0.2) is 18.3 Å². The topological polar surface area (TPSA) is 42.0 Å². The van der Waals surface area contributed by atoms with E-state index in [4.69, 9.17) is 6.42 Å². The zero-order chi connectivity index (χ0) is 11.3. The number of aryl methyl sites for hydroxylation is 1. The highest BCUT2D eigenvalue weighted by Crippen LogP contribution is 2.03. The third kappa shape index (κ3) is 2.81. The third-order valence-electron chi connectivity index (χ3n) is 2.14. The van der Waals surface area contributed by atoms with Crippen molar-refractivity contribution >= 4 is 5.91 Å². The van der Waals surface area contributed by atoms with Crippen LogP contribution in [-0.4, -0.2) is 16.9 Å². The zero-order valence-electron chi connectivity index (χ0n) is 8.95. The van der Waals surface area contributed by atoms with Crippen molar-refractivity contribution in [1.29, 1.82) is 0 Å². The normalized spacial score (nSPS) is 11.5. The third-order valence-corrected chi connectivity index (χ3v) is 2.14. The fourth-order valence-electron chi connectivity index (χ4n) is 1.21. The van der Waals surface area contributed by atoms with Crippen LogP contribution in [0, 0.1) is 19.3 Å². The molecule has 1 aromatic heterocycles. The first-order valence-corrected chi connectivity index (χ1v) is 4.87. The number of nitrogens with zero attached hydrogens (tertiary/aromatic N) is 1. The highest BCUT2D eigenvalue weighted by molar-refractivity contribution is 5.93. The van der Waals surface area contributed by atoms with Gasteiger partial charge in [-0.3, -0.25) is 9.78 Å². The summed E-state index contributed by atoms with van der Waals surface area (Å²) in [5.74, 6) is 2.30. The first-order valence-electron chi connectivity index (χ1n) is 4.87. The molecule has 15 heavy (non-hydrogen) atoms. The van der Waals surface area contributed by atoms with Gasteiger partial charge in [-0.2, -0.15) is 0 Å². The van der Waals surface area contributed by atoms with Gasteiger partial charge in [0.1, 0.15) is 5.69 Å². The molecule has 1 heterocycles. The molecule has 0 aliphatic heterocycles. The molecule has 1 amide bonds. The van der Waals surface area contributed by atoms with Crippen LogP contribution in [-0.2, 0) is 0 Å². The number of terminal acetylenes is 1. The molecule has 0 aliphatic rings. The number of carbonyl (C=O) groups is 1. The Morgan fingerprint density at radius 1 is 1.73 bits per heavy atom. The van der Waals surface area contributed by atoms with E-state index in [2.05, 4.69) is 16.2 Å². The predicted octanol–water partition coefficient (Wildman–Crippen LogP) is 1.53. The number of amides is 1. The van der Waals surface area contributed by atoms with Crippen LogP contribution < -0.4 is 5.32 Å². The Labute approximate surface area is 89.9 Å². The first kappa shape index (κ1) is 11.3. The Morgan fingerprint density at radius 3 is 3.00 bits per heavy atom. The van der Waals surface area contributed by atoms with Gasteiger partial charge < -0.3 is 5.32 Å². The Balaban J connectivity index is 2.79. The Morgan fingerprint density at radius 2 is 2.47 bits per heavy atom. The largest absolute Gasteiger partial charge is 0.337 e. The predicted molar refractivity (Wildman–Crippen MR) is 59.4 cm³/mol. The molecule has 0 radical (unpaired) electrons. The van der Waals surface area contributed by atoms with Crippen molar-refractivity contribution in [2.24, 2.45) is 0 Å². The average Bonchev–Trinajstić information content (AvgIpc) is 2.26. The number of aromatic nitrogens is 1. The lowest BCUT2D eigenvalue weighted by atomic mass is 10.2. The second-order valence-electron chi connectivity index (χ2n) is 3.27. The molecule has 1 rings (SSSR count). The molecule has 1 aromatic rings.